The van der Waals surface area contributed by atoms with E-state index >= 15 is 0 Å². The number of benzene rings is 2. The molecular formula is C19H19N. The summed E-state index contributed by atoms with van der Waals surface area (Å²) in [5, 5.41) is 1.24. The molecule has 1 heterocycles. The van der Waals surface area contributed by atoms with Crippen molar-refractivity contribution in [3.05, 3.63) is 77.5 Å². The second-order valence-electron chi connectivity index (χ2n) is 5.33. The Morgan fingerprint density at radius 2 is 1.75 bits per heavy atom. The van der Waals surface area contributed by atoms with Gasteiger partial charge in [-0.2, -0.15) is 0 Å². The normalized spacial score (nSPS) is 10.8. The van der Waals surface area contributed by atoms with Crippen molar-refractivity contribution in [2.24, 2.45) is 0 Å². The number of para-hydroxylation sites is 1. The van der Waals surface area contributed by atoms with E-state index in [0.717, 1.165) is 18.4 Å². The predicted octanol–water partition coefficient (Wildman–Crippen LogP) is 4.72. The van der Waals surface area contributed by atoms with E-state index in [2.05, 4.69) is 60.4 Å². The second kappa shape index (κ2) is 5.87. The van der Waals surface area contributed by atoms with Crippen molar-refractivity contribution in [1.82, 2.24) is 4.98 Å². The molecule has 0 atom stereocenters. The van der Waals surface area contributed by atoms with Gasteiger partial charge in [0.25, 0.3) is 0 Å². The number of rotatable bonds is 4. The third kappa shape index (κ3) is 2.88. The van der Waals surface area contributed by atoms with Crippen LogP contribution in [-0.2, 0) is 12.8 Å². The van der Waals surface area contributed by atoms with Gasteiger partial charge in [0.05, 0.1) is 5.52 Å². The molecule has 0 radical (unpaired) electrons. The molecule has 0 saturated heterocycles. The second-order valence-corrected chi connectivity index (χ2v) is 5.33. The van der Waals surface area contributed by atoms with Crippen LogP contribution >= 0.6 is 0 Å². The quantitative estimate of drug-likeness (QED) is 0.662. The van der Waals surface area contributed by atoms with Gasteiger partial charge in [-0.3, -0.25) is 4.98 Å². The van der Waals surface area contributed by atoms with E-state index in [1.165, 1.54) is 28.5 Å². The number of hydrogen-bond donors (Lipinski definition) is 0. The van der Waals surface area contributed by atoms with Crippen LogP contribution in [0.15, 0.2) is 60.8 Å². The van der Waals surface area contributed by atoms with E-state index in [0.29, 0.717) is 0 Å². The molecule has 0 spiro atoms. The molecule has 3 aromatic rings. The molecule has 1 aromatic heterocycles. The Balaban J connectivity index is 1.71. The zero-order valence-electron chi connectivity index (χ0n) is 11.8. The van der Waals surface area contributed by atoms with Crippen molar-refractivity contribution >= 4 is 10.9 Å². The van der Waals surface area contributed by atoms with E-state index in [-0.39, 0.29) is 0 Å². The molecule has 0 unspecified atom stereocenters. The molecule has 0 saturated carbocycles. The van der Waals surface area contributed by atoms with Crippen molar-refractivity contribution in [3.63, 3.8) is 0 Å². The van der Waals surface area contributed by atoms with Gasteiger partial charge in [0, 0.05) is 11.6 Å². The van der Waals surface area contributed by atoms with Gasteiger partial charge in [0.2, 0.25) is 0 Å². The molecule has 0 aliphatic heterocycles. The minimum absolute atomic E-state index is 1.09. The number of aromatic nitrogens is 1. The Labute approximate surface area is 120 Å². The number of nitrogens with zero attached hydrogens (tertiary/aromatic N) is 1. The molecule has 1 nitrogen and oxygen atoms in total. The van der Waals surface area contributed by atoms with Gasteiger partial charge in [-0.1, -0.05) is 54.1 Å². The smallest absolute Gasteiger partial charge is 0.0733 e. The van der Waals surface area contributed by atoms with Crippen LogP contribution in [0.3, 0.4) is 0 Å². The van der Waals surface area contributed by atoms with Gasteiger partial charge < -0.3 is 0 Å². The number of fused-ring (bicyclic) bond motifs is 1. The Kier molecular flexibility index (Phi) is 3.78. The molecule has 1 heteroatoms. The Morgan fingerprint density at radius 1 is 0.900 bits per heavy atom. The Hall–Kier alpha value is -2.15. The maximum Gasteiger partial charge on any atom is 0.0733 e. The summed E-state index contributed by atoms with van der Waals surface area (Å²) in [6.45, 7) is 2.15. The molecule has 0 fully saturated rings. The monoisotopic (exact) mass is 261 g/mol. The SMILES string of the molecule is Cc1cccc(CCCc2cccc3cccnc23)c1. The van der Waals surface area contributed by atoms with Gasteiger partial charge in [0.15, 0.2) is 0 Å². The van der Waals surface area contributed by atoms with Crippen LogP contribution in [0.25, 0.3) is 10.9 Å². The average molecular weight is 261 g/mol. The van der Waals surface area contributed by atoms with Crippen LogP contribution in [0.5, 0.6) is 0 Å². The van der Waals surface area contributed by atoms with Gasteiger partial charge in [-0.15, -0.1) is 0 Å². The van der Waals surface area contributed by atoms with E-state index in [1.807, 2.05) is 12.3 Å². The number of aryl methyl sites for hydroxylation is 3. The molecule has 0 aliphatic carbocycles. The van der Waals surface area contributed by atoms with Crippen LogP contribution in [-0.4, -0.2) is 4.98 Å². The fourth-order valence-electron chi connectivity index (χ4n) is 2.72. The lowest BCUT2D eigenvalue weighted by Crippen LogP contribution is -1.93. The molecule has 20 heavy (non-hydrogen) atoms. The molecule has 0 N–H and O–H groups in total. The van der Waals surface area contributed by atoms with Crippen molar-refractivity contribution in [2.45, 2.75) is 26.2 Å². The van der Waals surface area contributed by atoms with Gasteiger partial charge in [-0.05, 0) is 43.4 Å². The summed E-state index contributed by atoms with van der Waals surface area (Å²) >= 11 is 0. The Morgan fingerprint density at radius 3 is 2.65 bits per heavy atom. The van der Waals surface area contributed by atoms with Crippen molar-refractivity contribution in [3.8, 4) is 0 Å². The molecule has 0 aliphatic rings. The van der Waals surface area contributed by atoms with E-state index in [1.54, 1.807) is 0 Å². The zero-order chi connectivity index (χ0) is 13.8. The van der Waals surface area contributed by atoms with E-state index < -0.39 is 0 Å². The molecule has 3 rings (SSSR count). The third-order valence-electron chi connectivity index (χ3n) is 3.71. The first-order valence-corrected chi connectivity index (χ1v) is 7.21. The molecule has 0 bridgehead atoms. The summed E-state index contributed by atoms with van der Waals surface area (Å²) in [5.41, 5.74) is 5.28. The van der Waals surface area contributed by atoms with Crippen LogP contribution < -0.4 is 0 Å². The minimum atomic E-state index is 1.09. The lowest BCUT2D eigenvalue weighted by atomic mass is 10.0. The van der Waals surface area contributed by atoms with Crippen molar-refractivity contribution in [2.75, 3.05) is 0 Å². The fourth-order valence-corrected chi connectivity index (χ4v) is 2.72. The van der Waals surface area contributed by atoms with E-state index in [4.69, 9.17) is 0 Å². The van der Waals surface area contributed by atoms with Crippen LogP contribution in [0.2, 0.25) is 0 Å². The summed E-state index contributed by atoms with van der Waals surface area (Å²) in [6, 6.07) is 19.4. The topological polar surface area (TPSA) is 12.9 Å². The molecular weight excluding hydrogens is 242 g/mol. The summed E-state index contributed by atoms with van der Waals surface area (Å²) in [6.07, 6.45) is 5.26. The van der Waals surface area contributed by atoms with Gasteiger partial charge in [0.1, 0.15) is 0 Å². The average Bonchev–Trinajstić information content (AvgIpc) is 2.48. The van der Waals surface area contributed by atoms with Crippen LogP contribution in [0.1, 0.15) is 23.1 Å². The van der Waals surface area contributed by atoms with Crippen molar-refractivity contribution in [1.29, 1.82) is 0 Å². The molecule has 100 valence electrons. The highest BCUT2D eigenvalue weighted by atomic mass is 14.6. The summed E-state index contributed by atoms with van der Waals surface area (Å²) in [7, 11) is 0. The summed E-state index contributed by atoms with van der Waals surface area (Å²) in [4.78, 5) is 4.52. The highest BCUT2D eigenvalue weighted by Gasteiger charge is 2.02. The van der Waals surface area contributed by atoms with Crippen LogP contribution in [0, 0.1) is 6.92 Å². The summed E-state index contributed by atoms with van der Waals surface area (Å²) in [5.74, 6) is 0. The van der Waals surface area contributed by atoms with Crippen molar-refractivity contribution < 1.29 is 0 Å². The first-order chi connectivity index (χ1) is 9.83. The highest BCUT2D eigenvalue weighted by molar-refractivity contribution is 5.81. The zero-order valence-corrected chi connectivity index (χ0v) is 11.8. The Bertz CT molecular complexity index is 710. The van der Waals surface area contributed by atoms with Gasteiger partial charge >= 0.3 is 0 Å². The summed E-state index contributed by atoms with van der Waals surface area (Å²) < 4.78 is 0. The predicted molar refractivity (Wildman–Crippen MR) is 84.9 cm³/mol. The maximum atomic E-state index is 4.52. The minimum Gasteiger partial charge on any atom is -0.256 e. The largest absolute Gasteiger partial charge is 0.256 e. The molecule has 0 amide bonds. The first-order valence-electron chi connectivity index (χ1n) is 7.21. The third-order valence-corrected chi connectivity index (χ3v) is 3.71. The number of pyridine rings is 1. The lowest BCUT2D eigenvalue weighted by molar-refractivity contribution is 0.823. The maximum absolute atomic E-state index is 4.52. The van der Waals surface area contributed by atoms with E-state index in [9.17, 15) is 0 Å². The fraction of sp³-hybridized carbons (Fsp3) is 0.211. The van der Waals surface area contributed by atoms with Crippen LogP contribution in [0.4, 0.5) is 0 Å². The van der Waals surface area contributed by atoms with Gasteiger partial charge in [-0.25, -0.2) is 0 Å². The number of hydrogen-bond acceptors (Lipinski definition) is 1. The highest BCUT2D eigenvalue weighted by Crippen LogP contribution is 2.18. The molecule has 2 aromatic carbocycles. The first kappa shape index (κ1) is 12.9. The lowest BCUT2D eigenvalue weighted by Gasteiger charge is -2.06. The standard InChI is InChI=1S/C19H19N/c1-15-6-2-7-16(14-15)8-3-9-17-10-4-11-18-12-5-13-20-19(17)18/h2,4-7,10-14H,3,8-9H2,1H3.